The largest absolute Gasteiger partial charge is 0.508 e. The Hall–Kier alpha value is -2.49. The van der Waals surface area contributed by atoms with Gasteiger partial charge in [-0.25, -0.2) is 0 Å². The molecule has 1 unspecified atom stereocenters. The number of ether oxygens (including phenoxy) is 1. The van der Waals surface area contributed by atoms with Crippen LogP contribution in [0.3, 0.4) is 0 Å². The van der Waals surface area contributed by atoms with Gasteiger partial charge in [-0.1, -0.05) is 19.1 Å². The summed E-state index contributed by atoms with van der Waals surface area (Å²) in [7, 11) is 1.63. The van der Waals surface area contributed by atoms with E-state index in [0.717, 1.165) is 17.7 Å². The fourth-order valence-corrected chi connectivity index (χ4v) is 2.30. The van der Waals surface area contributed by atoms with E-state index in [1.807, 2.05) is 31.2 Å². The molecule has 116 valence electrons. The summed E-state index contributed by atoms with van der Waals surface area (Å²) in [5.41, 5.74) is 2.26. The van der Waals surface area contributed by atoms with Crippen LogP contribution in [0.15, 0.2) is 42.5 Å². The molecule has 0 saturated heterocycles. The van der Waals surface area contributed by atoms with Crippen LogP contribution in [0.25, 0.3) is 0 Å². The lowest BCUT2D eigenvalue weighted by Gasteiger charge is -2.18. The minimum atomic E-state index is -0.147. The molecule has 0 bridgehead atoms. The van der Waals surface area contributed by atoms with Crippen LogP contribution < -0.4 is 10.1 Å². The monoisotopic (exact) mass is 299 g/mol. The van der Waals surface area contributed by atoms with Crippen LogP contribution in [-0.2, 0) is 0 Å². The Bertz CT molecular complexity index is 650. The SMILES string of the molecule is CCC(NC(=O)c1ccc(O)c(C)c1)c1ccc(OC)cc1. The van der Waals surface area contributed by atoms with Crippen molar-refractivity contribution in [2.75, 3.05) is 7.11 Å². The van der Waals surface area contributed by atoms with Crippen LogP contribution in [0, 0.1) is 6.92 Å². The molecule has 2 aromatic carbocycles. The van der Waals surface area contributed by atoms with Crippen molar-refractivity contribution in [3.05, 3.63) is 59.2 Å². The third kappa shape index (κ3) is 3.58. The van der Waals surface area contributed by atoms with E-state index >= 15 is 0 Å². The van der Waals surface area contributed by atoms with Gasteiger partial charge in [0.25, 0.3) is 5.91 Å². The first kappa shape index (κ1) is 15.9. The van der Waals surface area contributed by atoms with Gasteiger partial charge < -0.3 is 15.2 Å². The molecule has 0 radical (unpaired) electrons. The maximum Gasteiger partial charge on any atom is 0.251 e. The molecule has 2 aromatic rings. The van der Waals surface area contributed by atoms with Gasteiger partial charge in [-0.3, -0.25) is 4.79 Å². The van der Waals surface area contributed by atoms with Crippen molar-refractivity contribution in [2.24, 2.45) is 0 Å². The number of amides is 1. The number of rotatable bonds is 5. The van der Waals surface area contributed by atoms with Crippen LogP contribution in [0.2, 0.25) is 0 Å². The molecule has 0 saturated carbocycles. The first-order valence-electron chi connectivity index (χ1n) is 7.29. The number of benzene rings is 2. The van der Waals surface area contributed by atoms with E-state index in [-0.39, 0.29) is 17.7 Å². The Kier molecular flexibility index (Phi) is 5.04. The number of aryl methyl sites for hydroxylation is 1. The summed E-state index contributed by atoms with van der Waals surface area (Å²) in [6.07, 6.45) is 0.787. The summed E-state index contributed by atoms with van der Waals surface area (Å²) in [5, 5.41) is 12.6. The molecule has 0 aromatic heterocycles. The summed E-state index contributed by atoms with van der Waals surface area (Å²) >= 11 is 0. The van der Waals surface area contributed by atoms with Crippen molar-refractivity contribution in [2.45, 2.75) is 26.3 Å². The number of nitrogens with one attached hydrogen (secondary N) is 1. The highest BCUT2D eigenvalue weighted by Gasteiger charge is 2.15. The van der Waals surface area contributed by atoms with Crippen LogP contribution in [0.1, 0.15) is 40.9 Å². The molecule has 0 fully saturated rings. The van der Waals surface area contributed by atoms with Gasteiger partial charge in [0, 0.05) is 5.56 Å². The van der Waals surface area contributed by atoms with Crippen LogP contribution >= 0.6 is 0 Å². The number of carbonyl (C=O) groups excluding carboxylic acids is 1. The van der Waals surface area contributed by atoms with E-state index in [1.165, 1.54) is 0 Å². The Labute approximate surface area is 130 Å². The number of aromatic hydroxyl groups is 1. The third-order valence-corrected chi connectivity index (χ3v) is 3.69. The van der Waals surface area contributed by atoms with E-state index in [9.17, 15) is 9.90 Å². The second-order valence-corrected chi connectivity index (χ2v) is 5.21. The number of methoxy groups -OCH3 is 1. The minimum Gasteiger partial charge on any atom is -0.508 e. The highest BCUT2D eigenvalue weighted by atomic mass is 16.5. The van der Waals surface area contributed by atoms with Crippen LogP contribution in [0.4, 0.5) is 0 Å². The van der Waals surface area contributed by atoms with Crippen molar-refractivity contribution >= 4 is 5.91 Å². The maximum atomic E-state index is 12.4. The molecule has 4 nitrogen and oxygen atoms in total. The zero-order valence-electron chi connectivity index (χ0n) is 13.1. The predicted molar refractivity (Wildman–Crippen MR) is 86.3 cm³/mol. The van der Waals surface area contributed by atoms with Gasteiger partial charge in [-0.15, -0.1) is 0 Å². The molecule has 2 N–H and O–H groups in total. The van der Waals surface area contributed by atoms with Gasteiger partial charge >= 0.3 is 0 Å². The molecular formula is C18H21NO3. The molecule has 0 aliphatic heterocycles. The molecule has 0 spiro atoms. The molecule has 0 aliphatic carbocycles. The quantitative estimate of drug-likeness (QED) is 0.887. The lowest BCUT2D eigenvalue weighted by Crippen LogP contribution is -2.28. The van der Waals surface area contributed by atoms with Crippen molar-refractivity contribution < 1.29 is 14.6 Å². The number of phenolic OH excluding ortho intramolecular Hbond substituents is 1. The molecule has 22 heavy (non-hydrogen) atoms. The smallest absolute Gasteiger partial charge is 0.251 e. The highest BCUT2D eigenvalue weighted by Crippen LogP contribution is 2.22. The first-order valence-corrected chi connectivity index (χ1v) is 7.29. The van der Waals surface area contributed by atoms with Crippen LogP contribution in [0.5, 0.6) is 11.5 Å². The Balaban J connectivity index is 2.14. The standard InChI is InChI=1S/C18H21NO3/c1-4-16(13-5-8-15(22-3)9-6-13)19-18(21)14-7-10-17(20)12(2)11-14/h5-11,16,20H,4H2,1-3H3,(H,19,21). The van der Waals surface area contributed by atoms with Gasteiger partial charge in [0.05, 0.1) is 13.2 Å². The lowest BCUT2D eigenvalue weighted by atomic mass is 10.0. The van der Waals surface area contributed by atoms with E-state index in [4.69, 9.17) is 4.74 Å². The predicted octanol–water partition coefficient (Wildman–Crippen LogP) is 3.59. The fraction of sp³-hybridized carbons (Fsp3) is 0.278. The molecule has 1 amide bonds. The van der Waals surface area contributed by atoms with Crippen LogP contribution in [-0.4, -0.2) is 18.1 Å². The summed E-state index contributed by atoms with van der Waals surface area (Å²) in [6.45, 7) is 3.80. The summed E-state index contributed by atoms with van der Waals surface area (Å²) in [5.74, 6) is 0.837. The average molecular weight is 299 g/mol. The average Bonchev–Trinajstić information content (AvgIpc) is 2.55. The van der Waals surface area contributed by atoms with E-state index in [2.05, 4.69) is 5.32 Å². The summed E-state index contributed by atoms with van der Waals surface area (Å²) in [4.78, 5) is 12.4. The Morgan fingerprint density at radius 2 is 1.91 bits per heavy atom. The summed E-state index contributed by atoms with van der Waals surface area (Å²) in [6, 6.07) is 12.5. The molecular weight excluding hydrogens is 278 g/mol. The van der Waals surface area contributed by atoms with Gasteiger partial charge in [-0.2, -0.15) is 0 Å². The topological polar surface area (TPSA) is 58.6 Å². The van der Waals surface area contributed by atoms with E-state index < -0.39 is 0 Å². The zero-order valence-corrected chi connectivity index (χ0v) is 13.1. The van der Waals surface area contributed by atoms with Crippen molar-refractivity contribution in [3.63, 3.8) is 0 Å². The fourth-order valence-electron chi connectivity index (χ4n) is 2.30. The molecule has 4 heteroatoms. The molecule has 1 atom stereocenters. The minimum absolute atomic E-state index is 0.0625. The summed E-state index contributed by atoms with van der Waals surface area (Å²) < 4.78 is 5.15. The van der Waals surface area contributed by atoms with Gasteiger partial charge in [0.1, 0.15) is 11.5 Å². The molecule has 0 heterocycles. The normalized spacial score (nSPS) is 11.8. The number of phenols is 1. The Morgan fingerprint density at radius 1 is 1.23 bits per heavy atom. The Morgan fingerprint density at radius 3 is 2.45 bits per heavy atom. The van der Waals surface area contributed by atoms with Gasteiger partial charge in [0.2, 0.25) is 0 Å². The second kappa shape index (κ2) is 6.98. The van der Waals surface area contributed by atoms with Crippen molar-refractivity contribution in [3.8, 4) is 11.5 Å². The van der Waals surface area contributed by atoms with Gasteiger partial charge in [0.15, 0.2) is 0 Å². The number of hydrogen-bond acceptors (Lipinski definition) is 3. The second-order valence-electron chi connectivity index (χ2n) is 5.21. The van der Waals surface area contributed by atoms with Crippen molar-refractivity contribution in [1.29, 1.82) is 0 Å². The maximum absolute atomic E-state index is 12.4. The van der Waals surface area contributed by atoms with E-state index in [0.29, 0.717) is 11.1 Å². The molecule has 0 aliphatic rings. The molecule has 2 rings (SSSR count). The first-order chi connectivity index (χ1) is 10.5. The van der Waals surface area contributed by atoms with Crippen molar-refractivity contribution in [1.82, 2.24) is 5.32 Å². The zero-order chi connectivity index (χ0) is 16.1. The van der Waals surface area contributed by atoms with Gasteiger partial charge in [-0.05, 0) is 54.8 Å². The number of carbonyl (C=O) groups is 1. The number of hydrogen-bond donors (Lipinski definition) is 2. The van der Waals surface area contributed by atoms with E-state index in [1.54, 1.807) is 32.2 Å². The highest BCUT2D eigenvalue weighted by molar-refractivity contribution is 5.94. The lowest BCUT2D eigenvalue weighted by molar-refractivity contribution is 0.0935. The third-order valence-electron chi connectivity index (χ3n) is 3.69.